The Kier molecular flexibility index (Phi) is 5.37. The Bertz CT molecular complexity index is 615. The Balaban J connectivity index is 2.25. The summed E-state index contributed by atoms with van der Waals surface area (Å²) in [7, 11) is 3.91. The van der Waals surface area contributed by atoms with Gasteiger partial charge in [0.25, 0.3) is 0 Å². The third-order valence-corrected chi connectivity index (χ3v) is 4.49. The molecule has 0 aliphatic rings. The Morgan fingerprint density at radius 3 is 2.57 bits per heavy atom. The summed E-state index contributed by atoms with van der Waals surface area (Å²) >= 11 is 3.60. The number of hydrogen-bond acceptors (Lipinski definition) is 2. The zero-order valence-electron chi connectivity index (χ0n) is 12.5. The maximum absolute atomic E-state index is 13.9. The van der Waals surface area contributed by atoms with Crippen LogP contribution in [0.3, 0.4) is 0 Å². The van der Waals surface area contributed by atoms with E-state index in [1.54, 1.807) is 6.07 Å². The maximum atomic E-state index is 13.9. The summed E-state index contributed by atoms with van der Waals surface area (Å²) < 4.78 is 15.0. The quantitative estimate of drug-likeness (QED) is 0.853. The van der Waals surface area contributed by atoms with Crippen LogP contribution in [0, 0.1) is 5.82 Å². The molecule has 0 saturated heterocycles. The van der Waals surface area contributed by atoms with Gasteiger partial charge in [0, 0.05) is 29.3 Å². The number of nitrogens with one attached hydrogen (secondary N) is 1. The van der Waals surface area contributed by atoms with Gasteiger partial charge in [0.2, 0.25) is 0 Å². The van der Waals surface area contributed by atoms with Crippen molar-refractivity contribution in [2.24, 2.45) is 0 Å². The van der Waals surface area contributed by atoms with Crippen molar-refractivity contribution in [2.75, 3.05) is 19.0 Å². The number of benzene rings is 2. The van der Waals surface area contributed by atoms with E-state index in [0.717, 1.165) is 16.7 Å². The summed E-state index contributed by atoms with van der Waals surface area (Å²) in [6.45, 7) is 2.82. The van der Waals surface area contributed by atoms with Crippen LogP contribution in [0.4, 0.5) is 10.1 Å². The molecule has 0 aromatic heterocycles. The van der Waals surface area contributed by atoms with Crippen LogP contribution in [0.2, 0.25) is 0 Å². The first-order valence-corrected chi connectivity index (χ1v) is 7.74. The SMILES string of the molecule is CNCc1ccc(N(C)C(C)c2ccccc2F)cc1Br. The van der Waals surface area contributed by atoms with E-state index in [1.165, 1.54) is 11.6 Å². The number of rotatable bonds is 5. The zero-order valence-corrected chi connectivity index (χ0v) is 14.1. The van der Waals surface area contributed by atoms with Gasteiger partial charge in [-0.15, -0.1) is 0 Å². The topological polar surface area (TPSA) is 15.3 Å². The van der Waals surface area contributed by atoms with Crippen LogP contribution in [0.25, 0.3) is 0 Å². The van der Waals surface area contributed by atoms with Crippen molar-refractivity contribution in [3.8, 4) is 0 Å². The van der Waals surface area contributed by atoms with Gasteiger partial charge in [0.1, 0.15) is 5.82 Å². The Hall–Kier alpha value is -1.39. The molecule has 0 radical (unpaired) electrons. The summed E-state index contributed by atoms with van der Waals surface area (Å²) in [4.78, 5) is 2.08. The van der Waals surface area contributed by atoms with E-state index in [2.05, 4.69) is 44.3 Å². The monoisotopic (exact) mass is 350 g/mol. The van der Waals surface area contributed by atoms with E-state index in [0.29, 0.717) is 5.56 Å². The van der Waals surface area contributed by atoms with Crippen LogP contribution in [0.5, 0.6) is 0 Å². The Labute approximate surface area is 134 Å². The highest BCUT2D eigenvalue weighted by molar-refractivity contribution is 9.10. The molecule has 2 aromatic rings. The van der Waals surface area contributed by atoms with Gasteiger partial charge in [-0.05, 0) is 37.7 Å². The smallest absolute Gasteiger partial charge is 0.128 e. The van der Waals surface area contributed by atoms with Crippen LogP contribution < -0.4 is 10.2 Å². The van der Waals surface area contributed by atoms with Crippen LogP contribution in [0.1, 0.15) is 24.1 Å². The molecule has 1 atom stereocenters. The second kappa shape index (κ2) is 7.05. The molecule has 1 unspecified atom stereocenters. The van der Waals surface area contributed by atoms with Gasteiger partial charge in [-0.3, -0.25) is 0 Å². The second-order valence-electron chi connectivity index (χ2n) is 5.11. The van der Waals surface area contributed by atoms with E-state index in [9.17, 15) is 4.39 Å². The van der Waals surface area contributed by atoms with Gasteiger partial charge in [-0.25, -0.2) is 4.39 Å². The third-order valence-electron chi connectivity index (χ3n) is 3.75. The molecule has 4 heteroatoms. The van der Waals surface area contributed by atoms with Crippen molar-refractivity contribution >= 4 is 21.6 Å². The van der Waals surface area contributed by atoms with Crippen LogP contribution in [0.15, 0.2) is 46.9 Å². The molecule has 0 bridgehead atoms. The minimum absolute atomic E-state index is 0.0340. The van der Waals surface area contributed by atoms with Gasteiger partial charge in [0.05, 0.1) is 6.04 Å². The van der Waals surface area contributed by atoms with E-state index >= 15 is 0 Å². The molecule has 2 aromatic carbocycles. The lowest BCUT2D eigenvalue weighted by atomic mass is 10.1. The first-order valence-electron chi connectivity index (χ1n) is 6.95. The second-order valence-corrected chi connectivity index (χ2v) is 5.97. The highest BCUT2D eigenvalue weighted by Gasteiger charge is 2.16. The van der Waals surface area contributed by atoms with Crippen molar-refractivity contribution < 1.29 is 4.39 Å². The Morgan fingerprint density at radius 2 is 1.95 bits per heavy atom. The first kappa shape index (κ1) is 16.0. The molecule has 0 fully saturated rings. The molecule has 0 amide bonds. The summed E-state index contributed by atoms with van der Waals surface area (Å²) in [6.07, 6.45) is 0. The molecule has 21 heavy (non-hydrogen) atoms. The van der Waals surface area contributed by atoms with Crippen LogP contribution >= 0.6 is 15.9 Å². The molecule has 112 valence electrons. The lowest BCUT2D eigenvalue weighted by Crippen LogP contribution is -2.22. The fourth-order valence-electron chi connectivity index (χ4n) is 2.34. The molecular formula is C17H20BrFN2. The normalized spacial score (nSPS) is 12.2. The molecular weight excluding hydrogens is 331 g/mol. The van der Waals surface area contributed by atoms with Crippen molar-refractivity contribution in [1.82, 2.24) is 5.32 Å². The van der Waals surface area contributed by atoms with E-state index in [-0.39, 0.29) is 11.9 Å². The predicted molar refractivity (Wildman–Crippen MR) is 90.1 cm³/mol. The summed E-state index contributed by atoms with van der Waals surface area (Å²) in [5.41, 5.74) is 2.96. The summed E-state index contributed by atoms with van der Waals surface area (Å²) in [6, 6.07) is 13.1. The summed E-state index contributed by atoms with van der Waals surface area (Å²) in [5, 5.41) is 3.14. The van der Waals surface area contributed by atoms with E-state index in [1.807, 2.05) is 33.2 Å². The maximum Gasteiger partial charge on any atom is 0.128 e. The molecule has 0 saturated carbocycles. The largest absolute Gasteiger partial charge is 0.368 e. The highest BCUT2D eigenvalue weighted by atomic mass is 79.9. The molecule has 1 N–H and O–H groups in total. The van der Waals surface area contributed by atoms with E-state index < -0.39 is 0 Å². The molecule has 0 aliphatic carbocycles. The molecule has 2 nitrogen and oxygen atoms in total. The molecule has 0 spiro atoms. The van der Waals surface area contributed by atoms with Crippen LogP contribution in [-0.2, 0) is 6.54 Å². The molecule has 0 aliphatic heterocycles. The minimum Gasteiger partial charge on any atom is -0.368 e. The number of anilines is 1. The molecule has 2 rings (SSSR count). The van der Waals surface area contributed by atoms with Gasteiger partial charge >= 0.3 is 0 Å². The standard InChI is InChI=1S/C17H20BrFN2/c1-12(15-6-4-5-7-17(15)19)21(3)14-9-8-13(11-20-2)16(18)10-14/h4-10,12,20H,11H2,1-3H3. The van der Waals surface area contributed by atoms with Gasteiger partial charge in [-0.2, -0.15) is 0 Å². The van der Waals surface area contributed by atoms with Gasteiger partial charge in [-0.1, -0.05) is 40.2 Å². The summed E-state index contributed by atoms with van der Waals surface area (Å²) in [5.74, 6) is -0.164. The average Bonchev–Trinajstić information content (AvgIpc) is 2.48. The first-order chi connectivity index (χ1) is 10.0. The van der Waals surface area contributed by atoms with Crippen molar-refractivity contribution in [2.45, 2.75) is 19.5 Å². The Morgan fingerprint density at radius 1 is 1.24 bits per heavy atom. The highest BCUT2D eigenvalue weighted by Crippen LogP contribution is 2.30. The lowest BCUT2D eigenvalue weighted by molar-refractivity contribution is 0.585. The molecule has 0 heterocycles. The third kappa shape index (κ3) is 3.63. The van der Waals surface area contributed by atoms with Crippen molar-refractivity contribution in [1.29, 1.82) is 0 Å². The number of halogens is 2. The zero-order chi connectivity index (χ0) is 15.4. The van der Waals surface area contributed by atoms with Crippen molar-refractivity contribution in [3.05, 3.63) is 63.9 Å². The predicted octanol–water partition coefficient (Wildman–Crippen LogP) is 4.51. The lowest BCUT2D eigenvalue weighted by Gasteiger charge is -2.28. The fourth-order valence-corrected chi connectivity index (χ4v) is 2.84. The number of hydrogen-bond donors (Lipinski definition) is 1. The van der Waals surface area contributed by atoms with Gasteiger partial charge < -0.3 is 10.2 Å². The van der Waals surface area contributed by atoms with Gasteiger partial charge in [0.15, 0.2) is 0 Å². The minimum atomic E-state index is -0.164. The van der Waals surface area contributed by atoms with Crippen molar-refractivity contribution in [3.63, 3.8) is 0 Å². The fraction of sp³-hybridized carbons (Fsp3) is 0.294. The van der Waals surface area contributed by atoms with Crippen LogP contribution in [-0.4, -0.2) is 14.1 Å². The van der Waals surface area contributed by atoms with E-state index in [4.69, 9.17) is 0 Å². The number of nitrogens with zero attached hydrogens (tertiary/aromatic N) is 1. The average molecular weight is 351 g/mol.